The van der Waals surface area contributed by atoms with Crippen molar-refractivity contribution < 1.29 is 9.53 Å². The molecule has 0 aliphatic carbocycles. The summed E-state index contributed by atoms with van der Waals surface area (Å²) >= 11 is 1.66. The van der Waals surface area contributed by atoms with Gasteiger partial charge in [-0.15, -0.1) is 11.3 Å². The Morgan fingerprint density at radius 1 is 1.48 bits per heavy atom. The maximum atomic E-state index is 12.3. The first-order chi connectivity index (χ1) is 9.95. The third-order valence-corrected chi connectivity index (χ3v) is 4.79. The van der Waals surface area contributed by atoms with Gasteiger partial charge >= 0.3 is 0 Å². The second-order valence-corrected chi connectivity index (χ2v) is 6.82. The van der Waals surface area contributed by atoms with Crippen LogP contribution in [0.25, 0.3) is 0 Å². The average molecular weight is 311 g/mol. The predicted octanol–water partition coefficient (Wildman–Crippen LogP) is 1.56. The molecule has 0 radical (unpaired) electrons. The number of carbonyl (C=O) groups is 1. The van der Waals surface area contributed by atoms with Gasteiger partial charge in [0.2, 0.25) is 5.91 Å². The van der Waals surface area contributed by atoms with Crippen LogP contribution in [0.3, 0.4) is 0 Å². The van der Waals surface area contributed by atoms with Gasteiger partial charge in [0.1, 0.15) is 0 Å². The highest BCUT2D eigenvalue weighted by molar-refractivity contribution is 7.09. The molecule has 0 aromatic carbocycles. The van der Waals surface area contributed by atoms with E-state index in [1.807, 2.05) is 24.4 Å². The van der Waals surface area contributed by atoms with Crippen LogP contribution in [-0.4, -0.2) is 66.1 Å². The van der Waals surface area contributed by atoms with Crippen molar-refractivity contribution in [3.63, 3.8) is 0 Å². The van der Waals surface area contributed by atoms with E-state index in [-0.39, 0.29) is 18.1 Å². The number of morpholine rings is 1. The van der Waals surface area contributed by atoms with Gasteiger partial charge in [0.25, 0.3) is 0 Å². The highest BCUT2D eigenvalue weighted by atomic mass is 32.1. The van der Waals surface area contributed by atoms with Crippen LogP contribution < -0.4 is 0 Å². The number of hydrogen-bond acceptors (Lipinski definition) is 5. The number of aryl methyl sites for hydroxylation is 1. The topological polar surface area (TPSA) is 45.7 Å². The second kappa shape index (κ2) is 7.33. The van der Waals surface area contributed by atoms with Crippen molar-refractivity contribution >= 4 is 17.2 Å². The molecule has 0 saturated carbocycles. The molecule has 1 amide bonds. The van der Waals surface area contributed by atoms with Gasteiger partial charge in [-0.3, -0.25) is 9.69 Å². The fraction of sp³-hybridized carbons (Fsp3) is 0.733. The van der Waals surface area contributed by atoms with E-state index < -0.39 is 0 Å². The maximum absolute atomic E-state index is 12.3. The molecule has 21 heavy (non-hydrogen) atoms. The average Bonchev–Trinajstić information content (AvgIpc) is 2.80. The number of likely N-dealkylation sites (N-methyl/N-ethyl adjacent to an activating group) is 1. The van der Waals surface area contributed by atoms with Crippen LogP contribution in [0.2, 0.25) is 0 Å². The molecule has 0 spiro atoms. The Morgan fingerprint density at radius 2 is 2.14 bits per heavy atom. The van der Waals surface area contributed by atoms with Crippen LogP contribution in [0.4, 0.5) is 0 Å². The zero-order valence-electron chi connectivity index (χ0n) is 13.3. The Balaban J connectivity index is 1.78. The summed E-state index contributed by atoms with van der Waals surface area (Å²) in [6.07, 6.45) is 1.28. The number of thiazole rings is 1. The third kappa shape index (κ3) is 4.76. The molecule has 0 bridgehead atoms. The summed E-state index contributed by atoms with van der Waals surface area (Å²) in [4.78, 5) is 21.8. The Bertz CT molecular complexity index is 467. The molecule has 0 unspecified atom stereocenters. The monoisotopic (exact) mass is 311 g/mol. The summed E-state index contributed by atoms with van der Waals surface area (Å²) in [5, 5.41) is 0. The van der Waals surface area contributed by atoms with E-state index in [0.29, 0.717) is 6.54 Å². The minimum Gasteiger partial charge on any atom is -0.373 e. The summed E-state index contributed by atoms with van der Waals surface area (Å²) in [5.41, 5.74) is 2.94. The summed E-state index contributed by atoms with van der Waals surface area (Å²) in [6, 6.07) is 0. The zero-order valence-corrected chi connectivity index (χ0v) is 14.2. The van der Waals surface area contributed by atoms with Crippen molar-refractivity contribution in [3.05, 3.63) is 16.1 Å². The van der Waals surface area contributed by atoms with Gasteiger partial charge in [-0.25, -0.2) is 4.98 Å². The standard InChI is InChI=1S/C15H25N3O2S/c1-11-7-18(8-12(2)20-11)9-15(19)17(4)6-5-14-13(3)16-10-21-14/h10-12H,5-9H2,1-4H3/t11-,12+. The lowest BCUT2D eigenvalue weighted by Gasteiger charge is -2.35. The quantitative estimate of drug-likeness (QED) is 0.828. The summed E-state index contributed by atoms with van der Waals surface area (Å²) in [5.74, 6) is 0.179. The molecule has 1 aromatic heterocycles. The van der Waals surface area contributed by atoms with Crippen LogP contribution >= 0.6 is 11.3 Å². The minimum absolute atomic E-state index is 0.179. The van der Waals surface area contributed by atoms with Gasteiger partial charge in [0.05, 0.1) is 30.0 Å². The lowest BCUT2D eigenvalue weighted by molar-refractivity contribution is -0.134. The van der Waals surface area contributed by atoms with E-state index in [9.17, 15) is 4.79 Å². The van der Waals surface area contributed by atoms with E-state index in [4.69, 9.17) is 4.74 Å². The first-order valence-electron chi connectivity index (χ1n) is 7.46. The molecule has 1 aliphatic heterocycles. The molecule has 1 aromatic rings. The Labute approximate surface area is 130 Å². The van der Waals surface area contributed by atoms with Crippen LogP contribution in [0.5, 0.6) is 0 Å². The lowest BCUT2D eigenvalue weighted by atomic mass is 10.2. The molecular weight excluding hydrogens is 286 g/mol. The maximum Gasteiger partial charge on any atom is 0.236 e. The van der Waals surface area contributed by atoms with Crippen LogP contribution in [0, 0.1) is 6.92 Å². The first-order valence-corrected chi connectivity index (χ1v) is 8.34. The fourth-order valence-corrected chi connectivity index (χ4v) is 3.46. The Hall–Kier alpha value is -0.980. The van der Waals surface area contributed by atoms with Crippen LogP contribution in [0.15, 0.2) is 5.51 Å². The predicted molar refractivity (Wildman–Crippen MR) is 84.6 cm³/mol. The van der Waals surface area contributed by atoms with E-state index in [0.717, 1.165) is 31.7 Å². The van der Waals surface area contributed by atoms with Gasteiger partial charge in [0.15, 0.2) is 0 Å². The largest absolute Gasteiger partial charge is 0.373 e. The van der Waals surface area contributed by atoms with Crippen LogP contribution in [-0.2, 0) is 16.0 Å². The van der Waals surface area contributed by atoms with E-state index >= 15 is 0 Å². The minimum atomic E-state index is 0.179. The SMILES string of the molecule is Cc1ncsc1CCN(C)C(=O)CN1C[C@@H](C)O[C@@H](C)C1. The molecule has 118 valence electrons. The fourth-order valence-electron chi connectivity index (χ4n) is 2.69. The number of aromatic nitrogens is 1. The Morgan fingerprint density at radius 3 is 2.71 bits per heavy atom. The van der Waals surface area contributed by atoms with E-state index in [2.05, 4.69) is 23.7 Å². The van der Waals surface area contributed by atoms with Crippen LogP contribution in [0.1, 0.15) is 24.4 Å². The number of ether oxygens (including phenoxy) is 1. The van der Waals surface area contributed by atoms with Crippen molar-refractivity contribution in [3.8, 4) is 0 Å². The summed E-state index contributed by atoms with van der Waals surface area (Å²) in [6.45, 7) is 9.03. The van der Waals surface area contributed by atoms with E-state index in [1.165, 1.54) is 4.88 Å². The van der Waals surface area contributed by atoms with Gasteiger partial charge in [-0.2, -0.15) is 0 Å². The number of hydrogen-bond donors (Lipinski definition) is 0. The molecule has 1 fully saturated rings. The number of carbonyl (C=O) groups excluding carboxylic acids is 1. The molecule has 2 rings (SSSR count). The smallest absolute Gasteiger partial charge is 0.236 e. The zero-order chi connectivity index (χ0) is 15.4. The van der Waals surface area contributed by atoms with Gasteiger partial charge < -0.3 is 9.64 Å². The normalized spacial score (nSPS) is 23.2. The van der Waals surface area contributed by atoms with Crippen molar-refractivity contribution in [1.29, 1.82) is 0 Å². The number of rotatable bonds is 5. The first kappa shape index (κ1) is 16.4. The molecule has 6 heteroatoms. The van der Waals surface area contributed by atoms with Crippen molar-refractivity contribution in [2.24, 2.45) is 0 Å². The highest BCUT2D eigenvalue weighted by Gasteiger charge is 2.24. The lowest BCUT2D eigenvalue weighted by Crippen LogP contribution is -2.49. The van der Waals surface area contributed by atoms with Gasteiger partial charge in [0, 0.05) is 38.0 Å². The summed E-state index contributed by atoms with van der Waals surface area (Å²) in [7, 11) is 1.88. The van der Waals surface area contributed by atoms with Crippen molar-refractivity contribution in [2.45, 2.75) is 39.4 Å². The highest BCUT2D eigenvalue weighted by Crippen LogP contribution is 2.13. The molecule has 0 N–H and O–H groups in total. The Kier molecular flexibility index (Phi) is 5.72. The van der Waals surface area contributed by atoms with Gasteiger partial charge in [-0.05, 0) is 20.8 Å². The third-order valence-electron chi connectivity index (χ3n) is 3.80. The molecule has 2 heterocycles. The number of amides is 1. The number of nitrogens with zero attached hydrogens (tertiary/aromatic N) is 3. The van der Waals surface area contributed by atoms with Crippen molar-refractivity contribution in [1.82, 2.24) is 14.8 Å². The molecule has 2 atom stereocenters. The molecule has 5 nitrogen and oxygen atoms in total. The molecule has 1 saturated heterocycles. The van der Waals surface area contributed by atoms with E-state index in [1.54, 1.807) is 11.3 Å². The van der Waals surface area contributed by atoms with Gasteiger partial charge in [-0.1, -0.05) is 0 Å². The molecular formula is C15H25N3O2S. The van der Waals surface area contributed by atoms with Crippen molar-refractivity contribution in [2.75, 3.05) is 33.2 Å². The summed E-state index contributed by atoms with van der Waals surface area (Å²) < 4.78 is 5.70. The second-order valence-electron chi connectivity index (χ2n) is 5.88. The molecule has 1 aliphatic rings.